The molecule has 0 saturated heterocycles. The summed E-state index contributed by atoms with van der Waals surface area (Å²) in [6.45, 7) is 5.62. The molecule has 176 valence electrons. The van der Waals surface area contributed by atoms with E-state index >= 15 is 0 Å². The van der Waals surface area contributed by atoms with Gasteiger partial charge in [0.2, 0.25) is 0 Å². The predicted molar refractivity (Wildman–Crippen MR) is 121 cm³/mol. The Morgan fingerprint density at radius 1 is 1.27 bits per heavy atom. The van der Waals surface area contributed by atoms with E-state index in [-0.39, 0.29) is 22.6 Å². The first-order chi connectivity index (χ1) is 15.4. The molecule has 3 aromatic rings. The maximum Gasteiger partial charge on any atom is 0.404 e. The van der Waals surface area contributed by atoms with Crippen LogP contribution in [0.4, 0.5) is 9.18 Å². The van der Waals surface area contributed by atoms with Crippen molar-refractivity contribution < 1.29 is 27.4 Å². The first-order valence-corrected chi connectivity index (χ1v) is 11.6. The molecule has 1 unspecified atom stereocenters. The zero-order valence-corrected chi connectivity index (χ0v) is 19.6. The van der Waals surface area contributed by atoms with Crippen molar-refractivity contribution in [2.45, 2.75) is 38.1 Å². The average molecular weight is 476 g/mol. The van der Waals surface area contributed by atoms with Crippen LogP contribution in [0.2, 0.25) is 0 Å². The number of ether oxygens (including phenoxy) is 1. The van der Waals surface area contributed by atoms with Gasteiger partial charge in [-0.25, -0.2) is 21.6 Å². The van der Waals surface area contributed by atoms with Crippen LogP contribution in [0.5, 0.6) is 5.75 Å². The van der Waals surface area contributed by atoms with E-state index in [1.807, 2.05) is 20.8 Å². The maximum absolute atomic E-state index is 14.8. The van der Waals surface area contributed by atoms with Crippen LogP contribution in [0.3, 0.4) is 0 Å². The molecule has 3 rings (SSSR count). The summed E-state index contributed by atoms with van der Waals surface area (Å²) in [6.07, 6.45) is 3.07. The summed E-state index contributed by atoms with van der Waals surface area (Å²) in [7, 11) is -2.69. The Morgan fingerprint density at radius 2 is 2.00 bits per heavy atom. The van der Waals surface area contributed by atoms with Crippen molar-refractivity contribution in [1.29, 1.82) is 0 Å². The zero-order valence-electron chi connectivity index (χ0n) is 18.7. The number of amides is 1. The summed E-state index contributed by atoms with van der Waals surface area (Å²) in [6, 6.07) is 7.98. The number of pyridine rings is 1. The molecule has 1 amide bonds. The van der Waals surface area contributed by atoms with Crippen molar-refractivity contribution in [3.05, 3.63) is 66.4 Å². The summed E-state index contributed by atoms with van der Waals surface area (Å²) in [5, 5.41) is 11.7. The van der Waals surface area contributed by atoms with Crippen molar-refractivity contribution in [2.24, 2.45) is 5.41 Å². The molecule has 1 atom stereocenters. The highest BCUT2D eigenvalue weighted by Gasteiger charge is 2.29. The molecule has 0 aliphatic carbocycles. The van der Waals surface area contributed by atoms with Gasteiger partial charge in [0.25, 0.3) is 10.0 Å². The highest BCUT2D eigenvalue weighted by atomic mass is 32.2. The molecule has 0 aliphatic rings. The van der Waals surface area contributed by atoms with Gasteiger partial charge in [-0.1, -0.05) is 20.8 Å². The number of carboxylic acid groups (broad SMARTS) is 1. The van der Waals surface area contributed by atoms with Crippen molar-refractivity contribution in [3.8, 4) is 17.0 Å². The minimum Gasteiger partial charge on any atom is -0.497 e. The minimum absolute atomic E-state index is 0.0339. The number of rotatable bonds is 7. The summed E-state index contributed by atoms with van der Waals surface area (Å²) >= 11 is 0. The van der Waals surface area contributed by atoms with Crippen LogP contribution in [-0.2, 0) is 16.4 Å². The Kier molecular flexibility index (Phi) is 6.78. The number of hydrogen-bond donors (Lipinski definition) is 2. The van der Waals surface area contributed by atoms with Crippen molar-refractivity contribution in [2.75, 3.05) is 7.11 Å². The lowest BCUT2D eigenvalue weighted by Crippen LogP contribution is -2.44. The molecule has 0 saturated carbocycles. The normalized spacial score (nSPS) is 12.9. The number of methoxy groups -OCH3 is 1. The lowest BCUT2D eigenvalue weighted by molar-refractivity contribution is 0.174. The number of aromatic nitrogens is 2. The van der Waals surface area contributed by atoms with Gasteiger partial charge in [-0.05, 0) is 53.8 Å². The second-order valence-corrected chi connectivity index (χ2v) is 10.5. The molecule has 8 nitrogen and oxygen atoms in total. The monoisotopic (exact) mass is 475 g/mol. The SMILES string of the molecule is COc1ccc(F)c(-c2cc(CC(NC(=O)O)C(C)(C)C)cn2S(=O)(=O)c2cccnc2)c1. The first-order valence-electron chi connectivity index (χ1n) is 10.1. The van der Waals surface area contributed by atoms with Gasteiger partial charge in [-0.15, -0.1) is 0 Å². The Labute approximate surface area is 192 Å². The smallest absolute Gasteiger partial charge is 0.404 e. The van der Waals surface area contributed by atoms with Gasteiger partial charge in [-0.2, -0.15) is 0 Å². The molecule has 2 aromatic heterocycles. The summed E-state index contributed by atoms with van der Waals surface area (Å²) in [4.78, 5) is 15.1. The van der Waals surface area contributed by atoms with Gasteiger partial charge in [0.05, 0.1) is 12.8 Å². The first kappa shape index (κ1) is 24.2. The van der Waals surface area contributed by atoms with Gasteiger partial charge < -0.3 is 15.2 Å². The molecule has 1 aromatic carbocycles. The van der Waals surface area contributed by atoms with Gasteiger partial charge in [-0.3, -0.25) is 4.98 Å². The van der Waals surface area contributed by atoms with Gasteiger partial charge in [0.1, 0.15) is 16.5 Å². The topological polar surface area (TPSA) is 111 Å². The van der Waals surface area contributed by atoms with Crippen LogP contribution in [0.15, 0.2) is 59.9 Å². The van der Waals surface area contributed by atoms with Gasteiger partial charge >= 0.3 is 6.09 Å². The van der Waals surface area contributed by atoms with E-state index in [1.54, 1.807) is 6.07 Å². The fraction of sp³-hybridized carbons (Fsp3) is 0.304. The molecule has 33 heavy (non-hydrogen) atoms. The zero-order chi connectivity index (χ0) is 24.4. The fourth-order valence-electron chi connectivity index (χ4n) is 3.40. The van der Waals surface area contributed by atoms with E-state index in [0.717, 1.165) is 3.97 Å². The third kappa shape index (κ3) is 5.33. The summed E-state index contributed by atoms with van der Waals surface area (Å²) in [5.74, 6) is -0.265. The number of benzene rings is 1. The molecule has 2 N–H and O–H groups in total. The predicted octanol–water partition coefficient (Wildman–Crippen LogP) is 4.16. The number of nitrogens with one attached hydrogen (secondary N) is 1. The van der Waals surface area contributed by atoms with Crippen LogP contribution in [-0.4, -0.2) is 41.7 Å². The molecule has 0 aliphatic heterocycles. The van der Waals surface area contributed by atoms with Gasteiger partial charge in [0.15, 0.2) is 0 Å². The molecular formula is C23H26FN3O5S. The summed E-state index contributed by atoms with van der Waals surface area (Å²) < 4.78 is 47.9. The summed E-state index contributed by atoms with van der Waals surface area (Å²) in [5.41, 5.74) is 0.192. The van der Waals surface area contributed by atoms with Crippen molar-refractivity contribution >= 4 is 16.1 Å². The maximum atomic E-state index is 14.8. The third-order valence-electron chi connectivity index (χ3n) is 5.27. The van der Waals surface area contributed by atoms with E-state index in [4.69, 9.17) is 4.74 Å². The lowest BCUT2D eigenvalue weighted by Gasteiger charge is -2.30. The third-order valence-corrected chi connectivity index (χ3v) is 6.92. The molecule has 2 heterocycles. The van der Waals surface area contributed by atoms with E-state index in [2.05, 4.69) is 10.3 Å². The molecule has 0 bridgehead atoms. The Bertz CT molecular complexity index is 1250. The van der Waals surface area contributed by atoms with E-state index < -0.39 is 33.4 Å². The Hall–Kier alpha value is -3.40. The molecule has 10 heteroatoms. The fourth-order valence-corrected chi connectivity index (χ4v) is 4.76. The quantitative estimate of drug-likeness (QED) is 0.531. The lowest BCUT2D eigenvalue weighted by atomic mass is 9.83. The molecule has 0 spiro atoms. The minimum atomic E-state index is -4.12. The van der Waals surface area contributed by atoms with E-state index in [9.17, 15) is 22.7 Å². The second kappa shape index (κ2) is 9.22. The average Bonchev–Trinajstić information content (AvgIpc) is 3.18. The number of hydrogen-bond acceptors (Lipinski definition) is 5. The Balaban J connectivity index is 2.20. The van der Waals surface area contributed by atoms with E-state index in [0.29, 0.717) is 11.3 Å². The number of nitrogens with zero attached hydrogens (tertiary/aromatic N) is 2. The van der Waals surface area contributed by atoms with Crippen LogP contribution in [0.1, 0.15) is 26.3 Å². The highest BCUT2D eigenvalue weighted by molar-refractivity contribution is 7.90. The number of halogens is 1. The van der Waals surface area contributed by atoms with Gasteiger partial charge in [0, 0.05) is 30.2 Å². The molecular weight excluding hydrogens is 449 g/mol. The number of carbonyl (C=O) groups is 1. The van der Waals surface area contributed by atoms with Crippen molar-refractivity contribution in [3.63, 3.8) is 0 Å². The molecule has 0 radical (unpaired) electrons. The second-order valence-electron chi connectivity index (χ2n) is 8.64. The highest BCUT2D eigenvalue weighted by Crippen LogP contribution is 2.33. The van der Waals surface area contributed by atoms with Crippen LogP contribution >= 0.6 is 0 Å². The van der Waals surface area contributed by atoms with Crippen molar-refractivity contribution in [1.82, 2.24) is 14.3 Å². The largest absolute Gasteiger partial charge is 0.497 e. The van der Waals surface area contributed by atoms with Crippen LogP contribution < -0.4 is 10.1 Å². The van der Waals surface area contributed by atoms with Crippen LogP contribution in [0.25, 0.3) is 11.3 Å². The Morgan fingerprint density at radius 3 is 2.58 bits per heavy atom. The standard InChI is InChI=1S/C23H26FN3O5S/c1-23(2,3)21(26-22(28)29)11-15-10-20(18-12-16(32-4)7-8-19(18)24)27(14-15)33(30,31)17-6-5-9-25-13-17/h5-10,12-14,21,26H,11H2,1-4H3,(H,28,29). The van der Waals surface area contributed by atoms with Crippen LogP contribution in [0, 0.1) is 11.2 Å². The molecule has 0 fully saturated rings. The van der Waals surface area contributed by atoms with E-state index in [1.165, 1.54) is 56.0 Å².